The van der Waals surface area contributed by atoms with Crippen molar-refractivity contribution in [3.05, 3.63) is 59.7 Å². The molecule has 3 heteroatoms. The first-order chi connectivity index (χ1) is 7.75. The van der Waals surface area contributed by atoms with Gasteiger partial charge in [-0.3, -0.25) is 0 Å². The molecule has 2 nitrogen and oxygen atoms in total. The minimum Gasteiger partial charge on any atom is -0.364 e. The summed E-state index contributed by atoms with van der Waals surface area (Å²) in [5.41, 5.74) is 2.24. The van der Waals surface area contributed by atoms with Crippen molar-refractivity contribution in [3.8, 4) is 0 Å². The van der Waals surface area contributed by atoms with E-state index < -0.39 is 0 Å². The zero-order chi connectivity index (χ0) is 11.4. The SMILES string of the molecule is CC(NCc1ccc[nH]1)c1ccc(F)cc1. The van der Waals surface area contributed by atoms with Gasteiger partial charge in [0.1, 0.15) is 5.82 Å². The molecule has 0 aliphatic carbocycles. The van der Waals surface area contributed by atoms with Gasteiger partial charge in [-0.15, -0.1) is 0 Å². The number of aromatic amines is 1. The van der Waals surface area contributed by atoms with Crippen LogP contribution in [0.15, 0.2) is 42.6 Å². The summed E-state index contributed by atoms with van der Waals surface area (Å²) in [6.07, 6.45) is 1.90. The van der Waals surface area contributed by atoms with Gasteiger partial charge in [0, 0.05) is 24.5 Å². The fourth-order valence-corrected chi connectivity index (χ4v) is 1.61. The molecule has 2 N–H and O–H groups in total. The highest BCUT2D eigenvalue weighted by atomic mass is 19.1. The van der Waals surface area contributed by atoms with E-state index in [0.29, 0.717) is 0 Å². The fraction of sp³-hybridized carbons (Fsp3) is 0.231. The Balaban J connectivity index is 1.93. The van der Waals surface area contributed by atoms with Crippen LogP contribution in [0.3, 0.4) is 0 Å². The van der Waals surface area contributed by atoms with Crippen LogP contribution in [0.1, 0.15) is 24.2 Å². The van der Waals surface area contributed by atoms with Gasteiger partial charge in [-0.2, -0.15) is 0 Å². The minimum atomic E-state index is -0.194. The Morgan fingerprint density at radius 1 is 1.25 bits per heavy atom. The van der Waals surface area contributed by atoms with Crippen LogP contribution in [0, 0.1) is 5.82 Å². The Morgan fingerprint density at radius 3 is 2.62 bits per heavy atom. The van der Waals surface area contributed by atoms with E-state index in [1.165, 1.54) is 12.1 Å². The number of benzene rings is 1. The predicted molar refractivity (Wildman–Crippen MR) is 62.4 cm³/mol. The maximum Gasteiger partial charge on any atom is 0.123 e. The van der Waals surface area contributed by atoms with Gasteiger partial charge >= 0.3 is 0 Å². The highest BCUT2D eigenvalue weighted by Gasteiger charge is 2.04. The lowest BCUT2D eigenvalue weighted by Crippen LogP contribution is -2.18. The van der Waals surface area contributed by atoms with Crippen LogP contribution in [0.4, 0.5) is 4.39 Å². The third-order valence-corrected chi connectivity index (χ3v) is 2.63. The Bertz CT molecular complexity index is 420. The van der Waals surface area contributed by atoms with Gasteiger partial charge < -0.3 is 10.3 Å². The Kier molecular flexibility index (Phi) is 3.37. The van der Waals surface area contributed by atoms with E-state index >= 15 is 0 Å². The molecule has 84 valence electrons. The van der Waals surface area contributed by atoms with Crippen LogP contribution in [0.5, 0.6) is 0 Å². The van der Waals surface area contributed by atoms with Crippen LogP contribution >= 0.6 is 0 Å². The summed E-state index contributed by atoms with van der Waals surface area (Å²) in [5.74, 6) is -0.194. The lowest BCUT2D eigenvalue weighted by molar-refractivity contribution is 0.566. The molecule has 0 radical (unpaired) electrons. The van der Waals surface area contributed by atoms with Gasteiger partial charge in [0.2, 0.25) is 0 Å². The molecular weight excluding hydrogens is 203 g/mol. The normalized spacial score (nSPS) is 12.6. The molecule has 2 aromatic rings. The molecule has 1 unspecified atom stereocenters. The molecule has 1 aromatic carbocycles. The molecule has 16 heavy (non-hydrogen) atoms. The average molecular weight is 218 g/mol. The molecule has 0 saturated carbocycles. The number of H-pyrrole nitrogens is 1. The van der Waals surface area contributed by atoms with Gasteiger partial charge in [-0.1, -0.05) is 12.1 Å². The maximum atomic E-state index is 12.7. The van der Waals surface area contributed by atoms with Crippen LogP contribution in [0.25, 0.3) is 0 Å². The van der Waals surface area contributed by atoms with Crippen molar-refractivity contribution in [3.63, 3.8) is 0 Å². The predicted octanol–water partition coefficient (Wildman–Crippen LogP) is 3.00. The van der Waals surface area contributed by atoms with Gasteiger partial charge in [-0.25, -0.2) is 4.39 Å². The molecule has 0 amide bonds. The summed E-state index contributed by atoms with van der Waals surface area (Å²) in [5, 5.41) is 3.37. The largest absolute Gasteiger partial charge is 0.364 e. The van der Waals surface area contributed by atoms with E-state index in [1.54, 1.807) is 0 Å². The topological polar surface area (TPSA) is 27.8 Å². The third-order valence-electron chi connectivity index (χ3n) is 2.63. The van der Waals surface area contributed by atoms with Crippen molar-refractivity contribution in [2.45, 2.75) is 19.5 Å². The molecule has 0 aliphatic rings. The van der Waals surface area contributed by atoms with Crippen molar-refractivity contribution in [2.24, 2.45) is 0 Å². The number of hydrogen-bond acceptors (Lipinski definition) is 1. The summed E-state index contributed by atoms with van der Waals surface area (Å²) in [6.45, 7) is 2.85. The minimum absolute atomic E-state index is 0.194. The molecule has 0 aliphatic heterocycles. The van der Waals surface area contributed by atoms with E-state index in [4.69, 9.17) is 0 Å². The number of nitrogens with one attached hydrogen (secondary N) is 2. The van der Waals surface area contributed by atoms with Crippen LogP contribution < -0.4 is 5.32 Å². The number of aromatic nitrogens is 1. The van der Waals surface area contributed by atoms with Gasteiger partial charge in [0.15, 0.2) is 0 Å². The summed E-state index contributed by atoms with van der Waals surface area (Å²) in [7, 11) is 0. The second-order valence-corrected chi connectivity index (χ2v) is 3.85. The maximum absolute atomic E-state index is 12.7. The second kappa shape index (κ2) is 4.94. The summed E-state index contributed by atoms with van der Waals surface area (Å²) >= 11 is 0. The number of halogens is 1. The lowest BCUT2D eigenvalue weighted by atomic mass is 10.1. The summed E-state index contributed by atoms with van der Waals surface area (Å²) in [6, 6.07) is 10.8. The molecule has 0 bridgehead atoms. The van der Waals surface area contributed by atoms with Crippen LogP contribution in [-0.4, -0.2) is 4.98 Å². The quantitative estimate of drug-likeness (QED) is 0.811. The summed E-state index contributed by atoms with van der Waals surface area (Å²) in [4.78, 5) is 3.13. The summed E-state index contributed by atoms with van der Waals surface area (Å²) < 4.78 is 12.7. The van der Waals surface area contributed by atoms with Crippen LogP contribution in [0.2, 0.25) is 0 Å². The highest BCUT2D eigenvalue weighted by molar-refractivity contribution is 5.19. The van der Waals surface area contributed by atoms with E-state index in [1.807, 2.05) is 30.5 Å². The highest BCUT2D eigenvalue weighted by Crippen LogP contribution is 2.13. The van der Waals surface area contributed by atoms with Crippen molar-refractivity contribution in [2.75, 3.05) is 0 Å². The molecule has 0 spiro atoms. The zero-order valence-electron chi connectivity index (χ0n) is 9.20. The van der Waals surface area contributed by atoms with E-state index in [9.17, 15) is 4.39 Å². The van der Waals surface area contributed by atoms with Crippen molar-refractivity contribution >= 4 is 0 Å². The first-order valence-corrected chi connectivity index (χ1v) is 5.37. The second-order valence-electron chi connectivity index (χ2n) is 3.85. The smallest absolute Gasteiger partial charge is 0.123 e. The average Bonchev–Trinajstić information content (AvgIpc) is 2.80. The fourth-order valence-electron chi connectivity index (χ4n) is 1.61. The van der Waals surface area contributed by atoms with Gasteiger partial charge in [-0.05, 0) is 36.8 Å². The van der Waals surface area contributed by atoms with Crippen molar-refractivity contribution in [1.82, 2.24) is 10.3 Å². The molecule has 1 heterocycles. The monoisotopic (exact) mass is 218 g/mol. The number of hydrogen-bond donors (Lipinski definition) is 2. The van der Waals surface area contributed by atoms with Crippen LogP contribution in [-0.2, 0) is 6.54 Å². The van der Waals surface area contributed by atoms with E-state index in [0.717, 1.165) is 17.8 Å². The van der Waals surface area contributed by atoms with Gasteiger partial charge in [0.25, 0.3) is 0 Å². The molecule has 2 rings (SSSR count). The third kappa shape index (κ3) is 2.70. The number of rotatable bonds is 4. The Hall–Kier alpha value is -1.61. The Labute approximate surface area is 94.5 Å². The van der Waals surface area contributed by atoms with Crippen molar-refractivity contribution in [1.29, 1.82) is 0 Å². The Morgan fingerprint density at radius 2 is 2.00 bits per heavy atom. The first-order valence-electron chi connectivity index (χ1n) is 5.37. The molecule has 1 aromatic heterocycles. The lowest BCUT2D eigenvalue weighted by Gasteiger charge is -2.13. The van der Waals surface area contributed by atoms with Crippen molar-refractivity contribution < 1.29 is 4.39 Å². The zero-order valence-corrected chi connectivity index (χ0v) is 9.20. The van der Waals surface area contributed by atoms with E-state index in [-0.39, 0.29) is 11.9 Å². The van der Waals surface area contributed by atoms with Gasteiger partial charge in [0.05, 0.1) is 0 Å². The molecule has 0 fully saturated rings. The standard InChI is InChI=1S/C13H15FN2/c1-10(11-4-6-12(14)7-5-11)16-9-13-3-2-8-15-13/h2-8,10,15-16H,9H2,1H3. The molecular formula is C13H15FN2. The van der Waals surface area contributed by atoms with E-state index in [2.05, 4.69) is 17.2 Å². The molecule has 0 saturated heterocycles. The first kappa shape index (κ1) is 10.9. The molecule has 1 atom stereocenters.